The fourth-order valence-electron chi connectivity index (χ4n) is 3.10. The molecule has 2 heterocycles. The molecule has 0 aliphatic heterocycles. The standard InChI is InChI=1S/C24H23N5O3S2/c1-16-12-13-33-21(16)14-25-26-22(30)15-34-24-28-27-23(17-4-8-19(31-2)9-5-17)29(24)18-6-10-20(32-3)11-7-18/h4-14H,15H2,1-3H3,(H,26,30)/b25-14-. The molecule has 34 heavy (non-hydrogen) atoms. The van der Waals surface area contributed by atoms with Gasteiger partial charge in [-0.1, -0.05) is 11.8 Å². The van der Waals surface area contributed by atoms with Crippen molar-refractivity contribution in [2.75, 3.05) is 20.0 Å². The van der Waals surface area contributed by atoms with Crippen molar-refractivity contribution in [2.45, 2.75) is 12.1 Å². The van der Waals surface area contributed by atoms with Crippen molar-refractivity contribution in [3.63, 3.8) is 0 Å². The van der Waals surface area contributed by atoms with Crippen LogP contribution in [0.1, 0.15) is 10.4 Å². The maximum absolute atomic E-state index is 12.4. The molecule has 0 aliphatic rings. The number of hydrazone groups is 1. The summed E-state index contributed by atoms with van der Waals surface area (Å²) in [7, 11) is 3.25. The highest BCUT2D eigenvalue weighted by atomic mass is 32.2. The Morgan fingerprint density at radius 2 is 1.74 bits per heavy atom. The summed E-state index contributed by atoms with van der Waals surface area (Å²) in [6.45, 7) is 2.00. The first kappa shape index (κ1) is 23.5. The third kappa shape index (κ3) is 5.46. The van der Waals surface area contributed by atoms with Crippen LogP contribution in [0.3, 0.4) is 0 Å². The van der Waals surface area contributed by atoms with Crippen LogP contribution in [-0.2, 0) is 4.79 Å². The molecular weight excluding hydrogens is 470 g/mol. The van der Waals surface area contributed by atoms with Crippen LogP contribution < -0.4 is 14.9 Å². The molecule has 10 heteroatoms. The minimum absolute atomic E-state index is 0.137. The van der Waals surface area contributed by atoms with Crippen LogP contribution in [0.5, 0.6) is 11.5 Å². The molecule has 0 bridgehead atoms. The molecular formula is C24H23N5O3S2. The second-order valence-electron chi connectivity index (χ2n) is 7.12. The van der Waals surface area contributed by atoms with Crippen LogP contribution in [-0.4, -0.2) is 46.9 Å². The number of rotatable bonds is 9. The molecule has 0 atom stereocenters. The van der Waals surface area contributed by atoms with Crippen LogP contribution in [0, 0.1) is 6.92 Å². The number of hydrogen-bond donors (Lipinski definition) is 1. The monoisotopic (exact) mass is 493 g/mol. The molecule has 2 aromatic heterocycles. The number of ether oxygens (including phenoxy) is 2. The highest BCUT2D eigenvalue weighted by molar-refractivity contribution is 7.99. The number of carbonyl (C=O) groups is 1. The van der Waals surface area contributed by atoms with E-state index in [9.17, 15) is 4.79 Å². The number of benzene rings is 2. The van der Waals surface area contributed by atoms with Crippen molar-refractivity contribution in [1.29, 1.82) is 0 Å². The van der Waals surface area contributed by atoms with Crippen molar-refractivity contribution in [2.24, 2.45) is 5.10 Å². The van der Waals surface area contributed by atoms with Gasteiger partial charge >= 0.3 is 0 Å². The van der Waals surface area contributed by atoms with Gasteiger partial charge in [-0.15, -0.1) is 21.5 Å². The maximum atomic E-state index is 12.4. The minimum atomic E-state index is -0.231. The number of aromatic nitrogens is 3. The number of hydrogen-bond acceptors (Lipinski definition) is 8. The van der Waals surface area contributed by atoms with E-state index in [-0.39, 0.29) is 11.7 Å². The summed E-state index contributed by atoms with van der Waals surface area (Å²) in [5, 5.41) is 15.4. The normalized spacial score (nSPS) is 11.0. The van der Waals surface area contributed by atoms with Gasteiger partial charge in [0.25, 0.3) is 5.91 Å². The molecule has 0 aliphatic carbocycles. The molecule has 0 spiro atoms. The Hall–Kier alpha value is -3.63. The largest absolute Gasteiger partial charge is 0.497 e. The number of nitrogens with one attached hydrogen (secondary N) is 1. The number of methoxy groups -OCH3 is 2. The third-order valence-corrected chi connectivity index (χ3v) is 6.80. The van der Waals surface area contributed by atoms with Gasteiger partial charge in [-0.05, 0) is 72.5 Å². The molecule has 4 rings (SSSR count). The van der Waals surface area contributed by atoms with Crippen molar-refractivity contribution in [3.05, 3.63) is 70.4 Å². The highest BCUT2D eigenvalue weighted by Gasteiger charge is 2.17. The Bertz CT molecular complexity index is 1280. The predicted molar refractivity (Wildman–Crippen MR) is 135 cm³/mol. The fourth-order valence-corrected chi connectivity index (χ4v) is 4.63. The molecule has 0 saturated heterocycles. The first-order valence-corrected chi connectivity index (χ1v) is 12.2. The van der Waals surface area contributed by atoms with Crippen LogP contribution >= 0.6 is 23.1 Å². The van der Waals surface area contributed by atoms with Crippen LogP contribution in [0.25, 0.3) is 17.1 Å². The Morgan fingerprint density at radius 1 is 1.06 bits per heavy atom. The Morgan fingerprint density at radius 3 is 2.35 bits per heavy atom. The topological polar surface area (TPSA) is 90.6 Å². The molecule has 0 radical (unpaired) electrons. The minimum Gasteiger partial charge on any atom is -0.497 e. The average molecular weight is 494 g/mol. The van der Waals surface area contributed by atoms with E-state index >= 15 is 0 Å². The second-order valence-corrected chi connectivity index (χ2v) is 9.01. The highest BCUT2D eigenvalue weighted by Crippen LogP contribution is 2.29. The maximum Gasteiger partial charge on any atom is 0.250 e. The summed E-state index contributed by atoms with van der Waals surface area (Å²) in [6, 6.07) is 17.2. The SMILES string of the molecule is COc1ccc(-c2nnc(SCC(=O)N/N=C\c3sccc3C)n2-c2ccc(OC)cc2)cc1. The van der Waals surface area contributed by atoms with Gasteiger partial charge in [0.15, 0.2) is 11.0 Å². The van der Waals surface area contributed by atoms with Crippen molar-refractivity contribution in [1.82, 2.24) is 20.2 Å². The predicted octanol–water partition coefficient (Wildman–Crippen LogP) is 4.56. The molecule has 0 fully saturated rings. The van der Waals surface area contributed by atoms with E-state index < -0.39 is 0 Å². The van der Waals surface area contributed by atoms with Gasteiger partial charge in [-0.2, -0.15) is 5.10 Å². The number of carbonyl (C=O) groups excluding carboxylic acids is 1. The molecule has 0 saturated carbocycles. The zero-order valence-corrected chi connectivity index (χ0v) is 20.5. The van der Waals surface area contributed by atoms with Gasteiger partial charge in [0.05, 0.1) is 26.2 Å². The first-order valence-electron chi connectivity index (χ1n) is 10.3. The van der Waals surface area contributed by atoms with E-state index in [1.165, 1.54) is 11.8 Å². The molecule has 2 aromatic carbocycles. The lowest BCUT2D eigenvalue weighted by atomic mass is 10.2. The van der Waals surface area contributed by atoms with Gasteiger partial charge in [-0.25, -0.2) is 5.43 Å². The van der Waals surface area contributed by atoms with Gasteiger partial charge < -0.3 is 9.47 Å². The third-order valence-electron chi connectivity index (χ3n) is 4.92. The second kappa shape index (κ2) is 11.0. The summed E-state index contributed by atoms with van der Waals surface area (Å²) < 4.78 is 12.5. The van der Waals surface area contributed by atoms with Gasteiger partial charge in [-0.3, -0.25) is 9.36 Å². The lowest BCUT2D eigenvalue weighted by Crippen LogP contribution is -2.20. The fraction of sp³-hybridized carbons (Fsp3) is 0.167. The summed E-state index contributed by atoms with van der Waals surface area (Å²) in [6.07, 6.45) is 1.66. The molecule has 0 unspecified atom stereocenters. The number of thioether (sulfide) groups is 1. The lowest BCUT2D eigenvalue weighted by molar-refractivity contribution is -0.118. The summed E-state index contributed by atoms with van der Waals surface area (Å²) in [5.74, 6) is 2.06. The van der Waals surface area contributed by atoms with Crippen molar-refractivity contribution < 1.29 is 14.3 Å². The van der Waals surface area contributed by atoms with E-state index in [1.54, 1.807) is 31.8 Å². The van der Waals surface area contributed by atoms with Crippen LogP contribution in [0.4, 0.5) is 0 Å². The van der Waals surface area contributed by atoms with Gasteiger partial charge in [0, 0.05) is 16.1 Å². The van der Waals surface area contributed by atoms with E-state index in [4.69, 9.17) is 9.47 Å². The Kier molecular flexibility index (Phi) is 7.61. The zero-order valence-electron chi connectivity index (χ0n) is 18.9. The lowest BCUT2D eigenvalue weighted by Gasteiger charge is -2.11. The van der Waals surface area contributed by atoms with E-state index in [0.717, 1.165) is 33.2 Å². The van der Waals surface area contributed by atoms with Crippen molar-refractivity contribution >= 4 is 35.2 Å². The number of thiophene rings is 1. The smallest absolute Gasteiger partial charge is 0.250 e. The van der Waals surface area contributed by atoms with E-state index in [2.05, 4.69) is 20.7 Å². The summed E-state index contributed by atoms with van der Waals surface area (Å²) in [5.41, 5.74) is 5.42. The summed E-state index contributed by atoms with van der Waals surface area (Å²) >= 11 is 2.86. The summed E-state index contributed by atoms with van der Waals surface area (Å²) in [4.78, 5) is 13.4. The Balaban J connectivity index is 1.55. The molecule has 1 N–H and O–H groups in total. The quantitative estimate of drug-likeness (QED) is 0.209. The van der Waals surface area contributed by atoms with E-state index in [1.807, 2.05) is 71.5 Å². The van der Waals surface area contributed by atoms with Gasteiger partial charge in [0.1, 0.15) is 11.5 Å². The number of nitrogens with zero attached hydrogens (tertiary/aromatic N) is 4. The number of aryl methyl sites for hydroxylation is 1. The number of amides is 1. The molecule has 4 aromatic rings. The Labute approximate surface area is 205 Å². The molecule has 174 valence electrons. The van der Waals surface area contributed by atoms with E-state index in [0.29, 0.717) is 11.0 Å². The van der Waals surface area contributed by atoms with Crippen molar-refractivity contribution in [3.8, 4) is 28.6 Å². The molecule has 8 nitrogen and oxygen atoms in total. The van der Waals surface area contributed by atoms with Crippen LogP contribution in [0.2, 0.25) is 0 Å². The zero-order chi connectivity index (χ0) is 23.9. The first-order chi connectivity index (χ1) is 16.6. The van der Waals surface area contributed by atoms with Gasteiger partial charge in [0.2, 0.25) is 0 Å². The molecule has 1 amide bonds. The van der Waals surface area contributed by atoms with Crippen LogP contribution in [0.15, 0.2) is 70.2 Å². The average Bonchev–Trinajstić information content (AvgIpc) is 3.49.